The molecule has 122 valence electrons. The first-order valence-corrected chi connectivity index (χ1v) is 7.51. The Morgan fingerprint density at radius 3 is 2.39 bits per heavy atom. The second-order valence-electron chi connectivity index (χ2n) is 5.26. The Bertz CT molecular complexity index is 743. The number of nitrogens with zero attached hydrogens (tertiary/aromatic N) is 2. The van der Waals surface area contributed by atoms with E-state index in [9.17, 15) is 14.7 Å². The van der Waals surface area contributed by atoms with Crippen molar-refractivity contribution in [3.05, 3.63) is 52.3 Å². The average molecular weight is 336 g/mol. The lowest BCUT2D eigenvalue weighted by atomic mass is 9.87. The maximum Gasteiger partial charge on any atom is 0.334 e. The maximum absolute atomic E-state index is 12.5. The fourth-order valence-corrected chi connectivity index (χ4v) is 2.64. The van der Waals surface area contributed by atoms with Crippen molar-refractivity contribution >= 4 is 23.5 Å². The Labute approximate surface area is 139 Å². The number of amides is 1. The third kappa shape index (κ3) is 2.94. The molecule has 0 bridgehead atoms. The van der Waals surface area contributed by atoms with Crippen molar-refractivity contribution < 1.29 is 14.7 Å². The topological polar surface area (TPSA) is 84.2 Å². The van der Waals surface area contributed by atoms with Crippen LogP contribution in [-0.2, 0) is 17.4 Å². The SMILES string of the molecule is CCC(NC(=O)c1nn(C)c(C)c1Cl)(C(=O)O)c1ccccc1. The minimum atomic E-state index is -1.53. The van der Waals surface area contributed by atoms with Crippen LogP contribution in [0.25, 0.3) is 0 Å². The predicted molar refractivity (Wildman–Crippen MR) is 86.5 cm³/mol. The molecule has 2 rings (SSSR count). The summed E-state index contributed by atoms with van der Waals surface area (Å²) in [5.74, 6) is -1.75. The molecule has 0 fully saturated rings. The Balaban J connectivity index is 2.45. The summed E-state index contributed by atoms with van der Waals surface area (Å²) in [4.78, 5) is 24.5. The lowest BCUT2D eigenvalue weighted by molar-refractivity contribution is -0.145. The van der Waals surface area contributed by atoms with Gasteiger partial charge in [0.15, 0.2) is 11.2 Å². The molecule has 2 N–H and O–H groups in total. The van der Waals surface area contributed by atoms with Gasteiger partial charge in [-0.05, 0) is 18.9 Å². The van der Waals surface area contributed by atoms with Crippen LogP contribution in [0.1, 0.15) is 35.1 Å². The van der Waals surface area contributed by atoms with E-state index < -0.39 is 17.4 Å². The van der Waals surface area contributed by atoms with Gasteiger partial charge in [0.05, 0.1) is 10.7 Å². The van der Waals surface area contributed by atoms with Crippen molar-refractivity contribution in [1.29, 1.82) is 0 Å². The molecule has 7 heteroatoms. The van der Waals surface area contributed by atoms with Gasteiger partial charge in [-0.2, -0.15) is 5.10 Å². The molecule has 0 saturated heterocycles. The fraction of sp³-hybridized carbons (Fsp3) is 0.312. The highest BCUT2D eigenvalue weighted by Gasteiger charge is 2.41. The smallest absolute Gasteiger partial charge is 0.334 e. The van der Waals surface area contributed by atoms with E-state index in [1.165, 1.54) is 4.68 Å². The molecule has 0 radical (unpaired) electrons. The molecule has 0 aliphatic rings. The van der Waals surface area contributed by atoms with Gasteiger partial charge in [-0.1, -0.05) is 48.9 Å². The monoisotopic (exact) mass is 335 g/mol. The molecule has 6 nitrogen and oxygen atoms in total. The fourth-order valence-electron chi connectivity index (χ4n) is 2.40. The molecule has 0 aliphatic heterocycles. The number of aromatic nitrogens is 2. The van der Waals surface area contributed by atoms with Crippen molar-refractivity contribution in [3.8, 4) is 0 Å². The van der Waals surface area contributed by atoms with Gasteiger partial charge in [0, 0.05) is 7.05 Å². The second kappa shape index (κ2) is 6.42. The number of carbonyl (C=O) groups excluding carboxylic acids is 1. The number of hydrogen-bond donors (Lipinski definition) is 2. The first-order valence-electron chi connectivity index (χ1n) is 7.14. The number of hydrogen-bond acceptors (Lipinski definition) is 3. The molecule has 0 spiro atoms. The van der Waals surface area contributed by atoms with Gasteiger partial charge in [0.1, 0.15) is 0 Å². The van der Waals surface area contributed by atoms with E-state index in [1.54, 1.807) is 51.2 Å². The van der Waals surface area contributed by atoms with Gasteiger partial charge in [0.2, 0.25) is 0 Å². The van der Waals surface area contributed by atoms with Crippen LogP contribution in [0.2, 0.25) is 5.02 Å². The minimum Gasteiger partial charge on any atom is -0.479 e. The van der Waals surface area contributed by atoms with Crippen LogP contribution >= 0.6 is 11.6 Å². The van der Waals surface area contributed by atoms with E-state index in [2.05, 4.69) is 10.4 Å². The van der Waals surface area contributed by atoms with Crippen LogP contribution in [0.5, 0.6) is 0 Å². The minimum absolute atomic E-state index is 0.0154. The van der Waals surface area contributed by atoms with Crippen LogP contribution in [0.15, 0.2) is 30.3 Å². The van der Waals surface area contributed by atoms with E-state index in [-0.39, 0.29) is 17.1 Å². The maximum atomic E-state index is 12.5. The van der Waals surface area contributed by atoms with Crippen LogP contribution in [0.4, 0.5) is 0 Å². The lowest BCUT2D eigenvalue weighted by Gasteiger charge is -2.29. The van der Waals surface area contributed by atoms with Crippen molar-refractivity contribution in [1.82, 2.24) is 15.1 Å². The third-order valence-corrected chi connectivity index (χ3v) is 4.42. The van der Waals surface area contributed by atoms with Crippen molar-refractivity contribution in [3.63, 3.8) is 0 Å². The first-order chi connectivity index (χ1) is 10.8. The summed E-state index contributed by atoms with van der Waals surface area (Å²) in [5.41, 5.74) is -0.393. The van der Waals surface area contributed by atoms with E-state index in [1.807, 2.05) is 0 Å². The van der Waals surface area contributed by atoms with E-state index >= 15 is 0 Å². The van der Waals surface area contributed by atoms with E-state index in [0.717, 1.165) is 0 Å². The number of rotatable bonds is 5. The van der Waals surface area contributed by atoms with Crippen molar-refractivity contribution in [2.45, 2.75) is 25.8 Å². The quantitative estimate of drug-likeness (QED) is 0.879. The molecule has 0 saturated carbocycles. The Kier molecular flexibility index (Phi) is 4.75. The number of carboxylic acid groups (broad SMARTS) is 1. The van der Waals surface area contributed by atoms with E-state index in [4.69, 9.17) is 11.6 Å². The number of halogens is 1. The summed E-state index contributed by atoms with van der Waals surface area (Å²) in [6, 6.07) is 8.58. The molecule has 1 heterocycles. The number of carboxylic acids is 1. The summed E-state index contributed by atoms with van der Waals surface area (Å²) in [6.45, 7) is 3.43. The highest BCUT2D eigenvalue weighted by molar-refractivity contribution is 6.34. The Morgan fingerprint density at radius 1 is 1.35 bits per heavy atom. The standard InChI is InChI=1S/C16H18ClN3O3/c1-4-16(15(22)23,11-8-6-5-7-9-11)18-14(21)13-12(17)10(2)20(3)19-13/h5-9H,4H2,1-3H3,(H,18,21)(H,22,23). The summed E-state index contributed by atoms with van der Waals surface area (Å²) in [7, 11) is 1.67. The van der Waals surface area contributed by atoms with Gasteiger partial charge in [0.25, 0.3) is 5.91 Å². The summed E-state index contributed by atoms with van der Waals surface area (Å²) in [6.07, 6.45) is 0.182. The lowest BCUT2D eigenvalue weighted by Crippen LogP contribution is -2.51. The highest BCUT2D eigenvalue weighted by Crippen LogP contribution is 2.27. The summed E-state index contributed by atoms with van der Waals surface area (Å²) < 4.78 is 1.48. The van der Waals surface area contributed by atoms with Gasteiger partial charge in [-0.15, -0.1) is 0 Å². The molecular weight excluding hydrogens is 318 g/mol. The molecule has 1 unspecified atom stereocenters. The highest BCUT2D eigenvalue weighted by atomic mass is 35.5. The molecule has 23 heavy (non-hydrogen) atoms. The molecule has 0 aliphatic carbocycles. The average Bonchev–Trinajstić information content (AvgIpc) is 2.80. The molecule has 2 aromatic rings. The zero-order valence-electron chi connectivity index (χ0n) is 13.1. The number of nitrogens with one attached hydrogen (secondary N) is 1. The largest absolute Gasteiger partial charge is 0.479 e. The predicted octanol–water partition coefficient (Wildman–Crippen LogP) is 2.50. The van der Waals surface area contributed by atoms with Crippen LogP contribution < -0.4 is 5.32 Å². The molecule has 1 atom stereocenters. The molecule has 1 amide bonds. The van der Waals surface area contributed by atoms with Gasteiger partial charge in [-0.25, -0.2) is 4.79 Å². The van der Waals surface area contributed by atoms with Crippen molar-refractivity contribution in [2.24, 2.45) is 7.05 Å². The van der Waals surface area contributed by atoms with Gasteiger partial charge >= 0.3 is 5.97 Å². The van der Waals surface area contributed by atoms with Gasteiger partial charge in [-0.3, -0.25) is 9.48 Å². The molecule has 1 aromatic heterocycles. The normalized spacial score (nSPS) is 13.4. The van der Waals surface area contributed by atoms with Crippen LogP contribution in [-0.4, -0.2) is 26.8 Å². The number of aliphatic carboxylic acids is 1. The Hall–Kier alpha value is -2.34. The number of aryl methyl sites for hydroxylation is 1. The molecular formula is C16H18ClN3O3. The molecule has 1 aromatic carbocycles. The van der Waals surface area contributed by atoms with Crippen LogP contribution in [0.3, 0.4) is 0 Å². The summed E-state index contributed by atoms with van der Waals surface area (Å²) >= 11 is 6.11. The number of carbonyl (C=O) groups is 2. The zero-order chi connectivity index (χ0) is 17.2. The van der Waals surface area contributed by atoms with E-state index in [0.29, 0.717) is 11.3 Å². The summed E-state index contributed by atoms with van der Waals surface area (Å²) in [5, 5.41) is 16.6. The number of benzene rings is 1. The van der Waals surface area contributed by atoms with Gasteiger partial charge < -0.3 is 10.4 Å². The van der Waals surface area contributed by atoms with Crippen molar-refractivity contribution in [2.75, 3.05) is 0 Å². The Morgan fingerprint density at radius 2 is 1.96 bits per heavy atom. The zero-order valence-corrected chi connectivity index (χ0v) is 13.9. The third-order valence-electron chi connectivity index (χ3n) is 3.96. The second-order valence-corrected chi connectivity index (χ2v) is 5.63. The van der Waals surface area contributed by atoms with Crippen LogP contribution in [0, 0.1) is 6.92 Å². The first kappa shape index (κ1) is 17.0.